The van der Waals surface area contributed by atoms with E-state index in [1.165, 1.54) is 6.42 Å². The summed E-state index contributed by atoms with van der Waals surface area (Å²) in [6, 6.07) is 7.68. The van der Waals surface area contributed by atoms with E-state index in [1.807, 2.05) is 24.3 Å². The van der Waals surface area contributed by atoms with Gasteiger partial charge in [-0.2, -0.15) is 0 Å². The molecule has 1 amide bonds. The van der Waals surface area contributed by atoms with Crippen LogP contribution < -0.4 is 5.32 Å². The number of amides is 1. The van der Waals surface area contributed by atoms with E-state index < -0.39 is 6.10 Å². The van der Waals surface area contributed by atoms with E-state index in [1.54, 1.807) is 6.92 Å². The van der Waals surface area contributed by atoms with Crippen molar-refractivity contribution in [1.29, 1.82) is 0 Å². The van der Waals surface area contributed by atoms with Gasteiger partial charge in [-0.05, 0) is 43.4 Å². The largest absolute Gasteiger partial charge is 0.452 e. The van der Waals surface area contributed by atoms with Crippen LogP contribution in [0.1, 0.15) is 45.1 Å². The molecule has 0 spiro atoms. The summed E-state index contributed by atoms with van der Waals surface area (Å²) in [5.74, 6) is -0.0991. The van der Waals surface area contributed by atoms with Gasteiger partial charge in [0, 0.05) is 10.5 Å². The molecule has 1 N–H and O–H groups in total. The van der Waals surface area contributed by atoms with Gasteiger partial charge in [0.25, 0.3) is 5.91 Å². The van der Waals surface area contributed by atoms with Gasteiger partial charge in [0.2, 0.25) is 0 Å². The molecule has 1 fully saturated rings. The van der Waals surface area contributed by atoms with Crippen LogP contribution in [-0.2, 0) is 20.7 Å². The third kappa shape index (κ3) is 5.65. The molecule has 3 atom stereocenters. The minimum Gasteiger partial charge on any atom is -0.452 e. The first-order chi connectivity index (χ1) is 11.0. The molecule has 0 bridgehead atoms. The summed E-state index contributed by atoms with van der Waals surface area (Å²) in [5.41, 5.74) is 0.867. The highest BCUT2D eigenvalue weighted by molar-refractivity contribution is 9.10. The molecule has 5 heteroatoms. The number of hydrogen-bond donors (Lipinski definition) is 1. The average Bonchev–Trinajstić information content (AvgIpc) is 2.51. The van der Waals surface area contributed by atoms with Gasteiger partial charge in [-0.3, -0.25) is 9.59 Å². The molecule has 0 saturated heterocycles. The molecule has 1 aliphatic rings. The highest BCUT2D eigenvalue weighted by Crippen LogP contribution is 2.23. The topological polar surface area (TPSA) is 55.4 Å². The van der Waals surface area contributed by atoms with E-state index in [4.69, 9.17) is 4.74 Å². The maximum Gasteiger partial charge on any atom is 0.311 e. The number of benzene rings is 1. The van der Waals surface area contributed by atoms with E-state index >= 15 is 0 Å². The number of hydrogen-bond acceptors (Lipinski definition) is 3. The zero-order valence-electron chi connectivity index (χ0n) is 13.7. The molecule has 4 nitrogen and oxygen atoms in total. The summed E-state index contributed by atoms with van der Waals surface area (Å²) in [4.78, 5) is 24.1. The summed E-state index contributed by atoms with van der Waals surface area (Å²) in [6.45, 7) is 3.79. The SMILES string of the molecule is C[C@@H]1CCCC[C@H]1NC(=O)[C@@H](C)OC(=O)Cc1ccc(Br)cc1. The number of ether oxygens (including phenoxy) is 1. The predicted molar refractivity (Wildman–Crippen MR) is 93.0 cm³/mol. The Morgan fingerprint density at radius 3 is 2.57 bits per heavy atom. The summed E-state index contributed by atoms with van der Waals surface area (Å²) in [6.07, 6.45) is 3.94. The lowest BCUT2D eigenvalue weighted by Gasteiger charge is -2.30. The van der Waals surface area contributed by atoms with Crippen LogP contribution in [-0.4, -0.2) is 24.0 Å². The van der Waals surface area contributed by atoms with Crippen LogP contribution >= 0.6 is 15.9 Å². The Balaban J connectivity index is 1.80. The van der Waals surface area contributed by atoms with Gasteiger partial charge in [-0.15, -0.1) is 0 Å². The number of halogens is 1. The maximum atomic E-state index is 12.2. The second-order valence-electron chi connectivity index (χ2n) is 6.31. The van der Waals surface area contributed by atoms with Crippen molar-refractivity contribution in [2.75, 3.05) is 0 Å². The molecular weight excluding hydrogens is 358 g/mol. The van der Waals surface area contributed by atoms with Gasteiger partial charge in [-0.25, -0.2) is 0 Å². The highest BCUT2D eigenvalue weighted by atomic mass is 79.9. The second-order valence-corrected chi connectivity index (χ2v) is 7.23. The second kappa shape index (κ2) is 8.48. The summed E-state index contributed by atoms with van der Waals surface area (Å²) >= 11 is 3.35. The first-order valence-electron chi connectivity index (χ1n) is 8.20. The van der Waals surface area contributed by atoms with Gasteiger partial charge in [0.05, 0.1) is 6.42 Å². The van der Waals surface area contributed by atoms with Gasteiger partial charge in [0.1, 0.15) is 0 Å². The lowest BCUT2D eigenvalue weighted by molar-refractivity contribution is -0.154. The lowest BCUT2D eigenvalue weighted by atomic mass is 9.86. The van der Waals surface area contributed by atoms with Crippen LogP contribution in [0, 0.1) is 5.92 Å². The molecule has 0 unspecified atom stereocenters. The zero-order chi connectivity index (χ0) is 16.8. The molecule has 0 radical (unpaired) electrons. The number of carbonyl (C=O) groups excluding carboxylic acids is 2. The molecule has 1 saturated carbocycles. The zero-order valence-corrected chi connectivity index (χ0v) is 15.3. The molecule has 23 heavy (non-hydrogen) atoms. The Hall–Kier alpha value is -1.36. The molecule has 0 aromatic heterocycles. The molecule has 1 aromatic rings. The molecule has 1 aromatic carbocycles. The van der Waals surface area contributed by atoms with Crippen molar-refractivity contribution < 1.29 is 14.3 Å². The average molecular weight is 382 g/mol. The van der Waals surface area contributed by atoms with Crippen molar-refractivity contribution in [2.45, 2.75) is 58.1 Å². The number of nitrogens with one attached hydrogen (secondary N) is 1. The van der Waals surface area contributed by atoms with Gasteiger partial charge in [-0.1, -0.05) is 47.8 Å². The minimum absolute atomic E-state index is 0.171. The molecular formula is C18H24BrNO3. The van der Waals surface area contributed by atoms with E-state index in [2.05, 4.69) is 28.2 Å². The number of esters is 1. The van der Waals surface area contributed by atoms with Crippen molar-refractivity contribution in [2.24, 2.45) is 5.92 Å². The monoisotopic (exact) mass is 381 g/mol. The van der Waals surface area contributed by atoms with Crippen LogP contribution in [0.15, 0.2) is 28.7 Å². The van der Waals surface area contributed by atoms with E-state index in [-0.39, 0.29) is 24.3 Å². The third-order valence-corrected chi connectivity index (χ3v) is 4.91. The third-order valence-electron chi connectivity index (χ3n) is 4.38. The molecule has 2 rings (SSSR count). The first kappa shape index (κ1) is 18.0. The Morgan fingerprint density at radius 1 is 1.26 bits per heavy atom. The molecule has 0 heterocycles. The van der Waals surface area contributed by atoms with Crippen LogP contribution in [0.5, 0.6) is 0 Å². The first-order valence-corrected chi connectivity index (χ1v) is 8.99. The fraction of sp³-hybridized carbons (Fsp3) is 0.556. The van der Waals surface area contributed by atoms with Crippen molar-refractivity contribution in [3.8, 4) is 0 Å². The Kier molecular flexibility index (Phi) is 6.63. The number of carbonyl (C=O) groups is 2. The van der Waals surface area contributed by atoms with Gasteiger partial charge < -0.3 is 10.1 Å². The Bertz CT molecular complexity index is 544. The summed E-state index contributed by atoms with van der Waals surface area (Å²) < 4.78 is 6.22. The fourth-order valence-corrected chi connectivity index (χ4v) is 3.16. The van der Waals surface area contributed by atoms with Crippen LogP contribution in [0.2, 0.25) is 0 Å². The van der Waals surface area contributed by atoms with Crippen LogP contribution in [0.4, 0.5) is 0 Å². The van der Waals surface area contributed by atoms with Crippen LogP contribution in [0.3, 0.4) is 0 Å². The van der Waals surface area contributed by atoms with E-state index in [9.17, 15) is 9.59 Å². The quantitative estimate of drug-likeness (QED) is 0.792. The van der Waals surface area contributed by atoms with Crippen molar-refractivity contribution >= 4 is 27.8 Å². The summed E-state index contributed by atoms with van der Waals surface area (Å²) in [5, 5.41) is 3.02. The normalized spacial score (nSPS) is 22.2. The molecule has 0 aliphatic heterocycles. The maximum absolute atomic E-state index is 12.2. The van der Waals surface area contributed by atoms with Crippen LogP contribution in [0.25, 0.3) is 0 Å². The highest BCUT2D eigenvalue weighted by Gasteiger charge is 2.26. The van der Waals surface area contributed by atoms with E-state index in [0.717, 1.165) is 29.3 Å². The summed E-state index contributed by atoms with van der Waals surface area (Å²) in [7, 11) is 0. The minimum atomic E-state index is -0.757. The van der Waals surface area contributed by atoms with Gasteiger partial charge >= 0.3 is 5.97 Å². The van der Waals surface area contributed by atoms with Crippen molar-refractivity contribution in [1.82, 2.24) is 5.32 Å². The Labute approximate surface area is 146 Å². The Morgan fingerprint density at radius 2 is 1.91 bits per heavy atom. The standard InChI is InChI=1S/C18H24BrNO3/c1-12-5-3-4-6-16(12)20-18(22)13(2)23-17(21)11-14-7-9-15(19)10-8-14/h7-10,12-13,16H,3-6,11H2,1-2H3,(H,20,22)/t12-,13-,16-/m1/s1. The van der Waals surface area contributed by atoms with E-state index in [0.29, 0.717) is 5.92 Å². The smallest absolute Gasteiger partial charge is 0.311 e. The number of rotatable bonds is 5. The molecule has 126 valence electrons. The fourth-order valence-electron chi connectivity index (χ4n) is 2.89. The van der Waals surface area contributed by atoms with Gasteiger partial charge in [0.15, 0.2) is 6.10 Å². The van der Waals surface area contributed by atoms with Crippen molar-refractivity contribution in [3.05, 3.63) is 34.3 Å². The van der Waals surface area contributed by atoms with Crippen molar-refractivity contribution in [3.63, 3.8) is 0 Å². The predicted octanol–water partition coefficient (Wildman–Crippen LogP) is 3.62. The lowest BCUT2D eigenvalue weighted by Crippen LogP contribution is -2.46. The molecule has 1 aliphatic carbocycles.